The van der Waals surface area contributed by atoms with Gasteiger partial charge in [0.1, 0.15) is 0 Å². The lowest BCUT2D eigenvalue weighted by Crippen LogP contribution is -2.23. The Morgan fingerprint density at radius 3 is 2.29 bits per heavy atom. The zero-order valence-corrected chi connectivity index (χ0v) is 13.0. The molecule has 0 heterocycles. The van der Waals surface area contributed by atoms with E-state index in [-0.39, 0.29) is 11.8 Å². The maximum atomic E-state index is 12.6. The summed E-state index contributed by atoms with van der Waals surface area (Å²) in [7, 11) is 0. The van der Waals surface area contributed by atoms with Gasteiger partial charge in [0.25, 0.3) is 5.91 Å². The van der Waals surface area contributed by atoms with E-state index in [1.165, 1.54) is 22.7 Å². The van der Waals surface area contributed by atoms with E-state index in [2.05, 4.69) is 17.4 Å². The number of carbonyl (C=O) groups is 2. The molecule has 0 saturated carbocycles. The van der Waals surface area contributed by atoms with Gasteiger partial charge in [-0.2, -0.15) is 0 Å². The van der Waals surface area contributed by atoms with E-state index >= 15 is 0 Å². The van der Waals surface area contributed by atoms with Crippen molar-refractivity contribution in [2.24, 2.45) is 5.92 Å². The number of fused-ring (bicyclic) bond motifs is 1. The lowest BCUT2D eigenvalue weighted by atomic mass is 10.0. The van der Waals surface area contributed by atoms with Crippen LogP contribution >= 0.6 is 0 Å². The predicted molar refractivity (Wildman–Crippen MR) is 91.4 cm³/mol. The number of anilines is 1. The zero-order chi connectivity index (χ0) is 16.9. The van der Waals surface area contributed by atoms with Gasteiger partial charge in [-0.25, -0.2) is 5.48 Å². The minimum absolute atomic E-state index is 0.0290. The van der Waals surface area contributed by atoms with Crippen LogP contribution in [0.4, 0.5) is 5.69 Å². The molecule has 2 aromatic rings. The summed E-state index contributed by atoms with van der Waals surface area (Å²) in [6.45, 7) is 0. The van der Waals surface area contributed by atoms with Gasteiger partial charge in [-0.3, -0.25) is 14.8 Å². The maximum absolute atomic E-state index is 12.6. The van der Waals surface area contributed by atoms with Crippen molar-refractivity contribution in [3.05, 3.63) is 71.3 Å². The van der Waals surface area contributed by atoms with Gasteiger partial charge in [-0.15, -0.1) is 0 Å². The second kappa shape index (κ2) is 7.10. The summed E-state index contributed by atoms with van der Waals surface area (Å²) < 4.78 is 0. The third-order valence-corrected chi connectivity index (χ3v) is 4.16. The molecule has 0 aromatic heterocycles. The molecular formula is C19H18N2O3. The van der Waals surface area contributed by atoms with Gasteiger partial charge >= 0.3 is 0 Å². The van der Waals surface area contributed by atoms with Crippen molar-refractivity contribution in [3.63, 3.8) is 0 Å². The van der Waals surface area contributed by atoms with Crippen molar-refractivity contribution >= 4 is 23.6 Å². The summed E-state index contributed by atoms with van der Waals surface area (Å²) in [5, 5.41) is 11.5. The maximum Gasteiger partial charge on any atom is 0.267 e. The summed E-state index contributed by atoms with van der Waals surface area (Å²) in [5.41, 5.74) is 5.33. The molecule has 2 aromatic carbocycles. The Labute approximate surface area is 140 Å². The van der Waals surface area contributed by atoms with Gasteiger partial charge in [0, 0.05) is 17.7 Å². The molecule has 1 aliphatic carbocycles. The quantitative estimate of drug-likeness (QED) is 0.460. The van der Waals surface area contributed by atoms with Gasteiger partial charge < -0.3 is 5.32 Å². The van der Waals surface area contributed by atoms with Crippen LogP contribution in [-0.4, -0.2) is 17.0 Å². The monoisotopic (exact) mass is 322 g/mol. The second-order valence-electron chi connectivity index (χ2n) is 5.76. The van der Waals surface area contributed by atoms with Crippen LogP contribution in [0.25, 0.3) is 6.08 Å². The largest absolute Gasteiger partial charge is 0.325 e. The number of carbonyl (C=O) groups excluding carboxylic acids is 2. The molecule has 3 rings (SSSR count). The summed E-state index contributed by atoms with van der Waals surface area (Å²) in [6, 6.07) is 15.3. The van der Waals surface area contributed by atoms with Crippen LogP contribution in [0.5, 0.6) is 0 Å². The molecule has 24 heavy (non-hydrogen) atoms. The lowest BCUT2D eigenvalue weighted by molar-refractivity contribution is -0.124. The first-order valence-corrected chi connectivity index (χ1v) is 7.76. The predicted octanol–water partition coefficient (Wildman–Crippen LogP) is 2.56. The fourth-order valence-corrected chi connectivity index (χ4v) is 2.94. The normalized spacial score (nSPS) is 13.7. The molecule has 0 radical (unpaired) electrons. The SMILES string of the molecule is O=C(/C=C/c1ccccc1NC(=O)C1Cc2ccccc2C1)NO. The Balaban J connectivity index is 1.72. The average Bonchev–Trinajstić information content (AvgIpc) is 3.05. The second-order valence-corrected chi connectivity index (χ2v) is 5.76. The van der Waals surface area contributed by atoms with Crippen molar-refractivity contribution in [1.82, 2.24) is 5.48 Å². The minimum atomic E-state index is -0.623. The van der Waals surface area contributed by atoms with Crippen molar-refractivity contribution in [2.75, 3.05) is 5.32 Å². The molecule has 0 aliphatic heterocycles. The Kier molecular flexibility index (Phi) is 4.72. The number of para-hydroxylation sites is 1. The molecule has 0 atom stereocenters. The number of benzene rings is 2. The fraction of sp³-hybridized carbons (Fsp3) is 0.158. The number of hydrogen-bond acceptors (Lipinski definition) is 3. The fourth-order valence-electron chi connectivity index (χ4n) is 2.94. The van der Waals surface area contributed by atoms with Crippen LogP contribution in [0.2, 0.25) is 0 Å². The van der Waals surface area contributed by atoms with Crippen LogP contribution in [-0.2, 0) is 22.4 Å². The van der Waals surface area contributed by atoms with E-state index in [4.69, 9.17) is 5.21 Å². The van der Waals surface area contributed by atoms with E-state index in [9.17, 15) is 9.59 Å². The Bertz CT molecular complexity index is 774. The molecule has 1 aliphatic rings. The van der Waals surface area contributed by atoms with Crippen LogP contribution in [0, 0.1) is 5.92 Å². The summed E-state index contributed by atoms with van der Waals surface area (Å²) in [6.07, 6.45) is 4.24. The van der Waals surface area contributed by atoms with Crippen LogP contribution in [0.1, 0.15) is 16.7 Å². The topological polar surface area (TPSA) is 78.4 Å². The molecule has 0 bridgehead atoms. The molecule has 122 valence electrons. The van der Waals surface area contributed by atoms with Crippen LogP contribution < -0.4 is 10.8 Å². The zero-order valence-electron chi connectivity index (χ0n) is 13.0. The van der Waals surface area contributed by atoms with E-state index < -0.39 is 5.91 Å². The Morgan fingerprint density at radius 1 is 1.00 bits per heavy atom. The summed E-state index contributed by atoms with van der Waals surface area (Å²) in [5.74, 6) is -0.735. The molecule has 5 nitrogen and oxygen atoms in total. The molecule has 3 N–H and O–H groups in total. The average molecular weight is 322 g/mol. The van der Waals surface area contributed by atoms with Gasteiger partial charge in [-0.05, 0) is 41.7 Å². The first-order valence-electron chi connectivity index (χ1n) is 7.76. The van der Waals surface area contributed by atoms with Gasteiger partial charge in [0.2, 0.25) is 5.91 Å². The first-order chi connectivity index (χ1) is 11.7. The van der Waals surface area contributed by atoms with Crippen molar-refractivity contribution in [2.45, 2.75) is 12.8 Å². The number of hydroxylamine groups is 1. The standard InChI is InChI=1S/C19H18N2O3/c22-18(21-24)10-9-13-5-3-4-8-17(13)20-19(23)16-11-14-6-1-2-7-15(14)12-16/h1-10,16,24H,11-12H2,(H,20,23)(H,21,22)/b10-9+. The van der Waals surface area contributed by atoms with E-state index in [0.717, 1.165) is 12.8 Å². The molecule has 2 amide bonds. The molecule has 5 heteroatoms. The van der Waals surface area contributed by atoms with Gasteiger partial charge in [0.15, 0.2) is 0 Å². The third-order valence-electron chi connectivity index (χ3n) is 4.16. The molecule has 0 unspecified atom stereocenters. The van der Waals surface area contributed by atoms with Crippen molar-refractivity contribution in [1.29, 1.82) is 0 Å². The number of nitrogens with one attached hydrogen (secondary N) is 2. The van der Waals surface area contributed by atoms with E-state index in [0.29, 0.717) is 11.3 Å². The smallest absolute Gasteiger partial charge is 0.267 e. The first kappa shape index (κ1) is 16.0. The summed E-state index contributed by atoms with van der Waals surface area (Å²) in [4.78, 5) is 23.7. The highest BCUT2D eigenvalue weighted by Crippen LogP contribution is 2.28. The van der Waals surface area contributed by atoms with Crippen molar-refractivity contribution in [3.8, 4) is 0 Å². The highest BCUT2D eigenvalue weighted by atomic mass is 16.5. The van der Waals surface area contributed by atoms with Gasteiger partial charge in [-0.1, -0.05) is 42.5 Å². The Morgan fingerprint density at radius 2 is 1.62 bits per heavy atom. The number of amides is 2. The molecule has 0 fully saturated rings. The minimum Gasteiger partial charge on any atom is -0.325 e. The van der Waals surface area contributed by atoms with Crippen molar-refractivity contribution < 1.29 is 14.8 Å². The van der Waals surface area contributed by atoms with Crippen LogP contribution in [0.15, 0.2) is 54.6 Å². The highest BCUT2D eigenvalue weighted by molar-refractivity contribution is 5.97. The van der Waals surface area contributed by atoms with Crippen LogP contribution in [0.3, 0.4) is 0 Å². The highest BCUT2D eigenvalue weighted by Gasteiger charge is 2.27. The van der Waals surface area contributed by atoms with E-state index in [1.807, 2.05) is 24.3 Å². The summed E-state index contributed by atoms with van der Waals surface area (Å²) >= 11 is 0. The molecular weight excluding hydrogens is 304 g/mol. The van der Waals surface area contributed by atoms with E-state index in [1.54, 1.807) is 18.2 Å². The lowest BCUT2D eigenvalue weighted by Gasteiger charge is -2.12. The third kappa shape index (κ3) is 3.52. The molecule has 0 spiro atoms. The number of rotatable bonds is 4. The number of hydrogen-bond donors (Lipinski definition) is 3. The Hall–Kier alpha value is -2.92. The van der Waals surface area contributed by atoms with Gasteiger partial charge in [0.05, 0.1) is 0 Å². The molecule has 0 saturated heterocycles.